The summed E-state index contributed by atoms with van der Waals surface area (Å²) in [6, 6.07) is 13.2. The molecule has 7 heteroatoms. The average Bonchev–Trinajstić information content (AvgIpc) is 3.31. The number of carbonyl (C=O) groups is 1. The van der Waals surface area contributed by atoms with E-state index in [0.717, 1.165) is 16.5 Å². The molecule has 1 aliphatic heterocycles. The lowest BCUT2D eigenvalue weighted by atomic mass is 9.93. The Kier molecular flexibility index (Phi) is 4.81. The number of alkyl halides is 2. The van der Waals surface area contributed by atoms with Crippen LogP contribution < -0.4 is 4.74 Å². The molecule has 0 aliphatic carbocycles. The molecule has 2 aromatic heterocycles. The van der Waals surface area contributed by atoms with Crippen LogP contribution in [0.5, 0.6) is 5.75 Å². The first-order valence-corrected chi connectivity index (χ1v) is 10.1. The molecule has 1 fully saturated rings. The number of carbonyl (C=O) groups excluding carboxylic acids is 1. The number of furan rings is 1. The van der Waals surface area contributed by atoms with Crippen LogP contribution in [0.25, 0.3) is 21.9 Å². The number of rotatable bonds is 5. The van der Waals surface area contributed by atoms with Gasteiger partial charge in [-0.2, -0.15) is 8.78 Å². The molecule has 1 atom stereocenters. The fourth-order valence-electron chi connectivity index (χ4n) is 4.31. The second-order valence-corrected chi connectivity index (χ2v) is 7.87. The minimum absolute atomic E-state index is 0.0224. The highest BCUT2D eigenvalue weighted by Gasteiger charge is 2.33. The first kappa shape index (κ1) is 19.5. The van der Waals surface area contributed by atoms with Gasteiger partial charge in [0, 0.05) is 42.4 Å². The molecule has 0 radical (unpaired) electrons. The van der Waals surface area contributed by atoms with E-state index >= 15 is 0 Å². The van der Waals surface area contributed by atoms with Crippen molar-refractivity contribution >= 4 is 27.8 Å². The van der Waals surface area contributed by atoms with Gasteiger partial charge < -0.3 is 14.1 Å². The Labute approximate surface area is 177 Å². The van der Waals surface area contributed by atoms with Crippen molar-refractivity contribution in [1.82, 2.24) is 9.88 Å². The summed E-state index contributed by atoms with van der Waals surface area (Å²) in [4.78, 5) is 18.6. The van der Waals surface area contributed by atoms with E-state index < -0.39 is 6.61 Å². The second kappa shape index (κ2) is 7.65. The Morgan fingerprint density at radius 1 is 1.19 bits per heavy atom. The van der Waals surface area contributed by atoms with Crippen LogP contribution in [0.1, 0.15) is 29.0 Å². The van der Waals surface area contributed by atoms with Crippen LogP contribution in [0, 0.1) is 6.92 Å². The van der Waals surface area contributed by atoms with Gasteiger partial charge in [0.1, 0.15) is 0 Å². The number of pyridine rings is 1. The standard InChI is InChI=1S/C24H20F2N2O3/c1-14-2-4-15(5-3-14)12-28-13-16(10-21(28)29)17-6-7-19(31-24(25)26)23-22(17)18-8-9-27-11-20(18)30-23/h2-9,11,16,24H,10,12-13H2,1H3. The van der Waals surface area contributed by atoms with Gasteiger partial charge in [0.05, 0.1) is 6.20 Å². The highest BCUT2D eigenvalue weighted by Crippen LogP contribution is 2.42. The minimum atomic E-state index is -2.96. The summed E-state index contributed by atoms with van der Waals surface area (Å²) in [5.41, 5.74) is 3.88. The van der Waals surface area contributed by atoms with E-state index in [1.807, 2.05) is 36.1 Å². The lowest BCUT2D eigenvalue weighted by Crippen LogP contribution is -2.24. The van der Waals surface area contributed by atoms with Crippen molar-refractivity contribution in [1.29, 1.82) is 0 Å². The fraction of sp³-hybridized carbons (Fsp3) is 0.250. The quantitative estimate of drug-likeness (QED) is 0.432. The van der Waals surface area contributed by atoms with E-state index in [2.05, 4.69) is 9.72 Å². The molecule has 5 rings (SSSR count). The summed E-state index contributed by atoms with van der Waals surface area (Å²) in [6.45, 7) is 0.160. The van der Waals surface area contributed by atoms with Crippen molar-refractivity contribution in [2.24, 2.45) is 0 Å². The van der Waals surface area contributed by atoms with Crippen LogP contribution in [0.2, 0.25) is 0 Å². The lowest BCUT2D eigenvalue weighted by Gasteiger charge is -2.18. The van der Waals surface area contributed by atoms with E-state index in [-0.39, 0.29) is 23.2 Å². The van der Waals surface area contributed by atoms with E-state index in [9.17, 15) is 13.6 Å². The number of halogens is 2. The number of nitrogens with zero attached hydrogens (tertiary/aromatic N) is 2. The minimum Gasteiger partial charge on any atom is -0.451 e. The van der Waals surface area contributed by atoms with Gasteiger partial charge >= 0.3 is 6.61 Å². The molecule has 1 unspecified atom stereocenters. The summed E-state index contributed by atoms with van der Waals surface area (Å²) < 4.78 is 36.3. The molecule has 0 N–H and O–H groups in total. The van der Waals surface area contributed by atoms with E-state index in [4.69, 9.17) is 4.42 Å². The predicted octanol–water partition coefficient (Wildman–Crippen LogP) is 5.41. The summed E-state index contributed by atoms with van der Waals surface area (Å²) >= 11 is 0. The maximum absolute atomic E-state index is 12.9. The Hall–Kier alpha value is -3.48. The van der Waals surface area contributed by atoms with Gasteiger partial charge in [0.2, 0.25) is 5.91 Å². The monoisotopic (exact) mass is 422 g/mol. The van der Waals surface area contributed by atoms with Crippen LogP contribution in [0.4, 0.5) is 8.78 Å². The SMILES string of the molecule is Cc1ccc(CN2CC(c3ccc(OC(F)F)c4oc5cnccc5c34)CC2=O)cc1. The Morgan fingerprint density at radius 2 is 2.00 bits per heavy atom. The van der Waals surface area contributed by atoms with Gasteiger partial charge in [0.25, 0.3) is 0 Å². The molecule has 5 nitrogen and oxygen atoms in total. The molecule has 158 valence electrons. The smallest absolute Gasteiger partial charge is 0.387 e. The molecule has 1 aliphatic rings. The lowest BCUT2D eigenvalue weighted by molar-refractivity contribution is -0.128. The Balaban J connectivity index is 1.52. The normalized spacial score (nSPS) is 16.7. The van der Waals surface area contributed by atoms with Gasteiger partial charge in [-0.3, -0.25) is 9.78 Å². The number of fused-ring (bicyclic) bond motifs is 3. The second-order valence-electron chi connectivity index (χ2n) is 7.87. The molecule has 1 amide bonds. The number of hydrogen-bond donors (Lipinski definition) is 0. The zero-order valence-corrected chi connectivity index (χ0v) is 16.8. The number of aryl methyl sites for hydroxylation is 1. The number of aromatic nitrogens is 1. The van der Waals surface area contributed by atoms with Crippen LogP contribution in [-0.4, -0.2) is 28.9 Å². The Morgan fingerprint density at radius 3 is 2.77 bits per heavy atom. The Bertz CT molecular complexity index is 1270. The van der Waals surface area contributed by atoms with Crippen molar-refractivity contribution in [3.05, 3.63) is 71.5 Å². The van der Waals surface area contributed by atoms with Crippen molar-refractivity contribution in [3.8, 4) is 5.75 Å². The maximum Gasteiger partial charge on any atom is 0.387 e. The number of hydrogen-bond acceptors (Lipinski definition) is 4. The first-order chi connectivity index (χ1) is 15.0. The zero-order valence-electron chi connectivity index (χ0n) is 16.8. The molecule has 4 aromatic rings. The van der Waals surface area contributed by atoms with Gasteiger partial charge in [-0.1, -0.05) is 35.9 Å². The van der Waals surface area contributed by atoms with E-state index in [0.29, 0.717) is 30.5 Å². The first-order valence-electron chi connectivity index (χ1n) is 10.1. The van der Waals surface area contributed by atoms with Gasteiger partial charge in [-0.05, 0) is 30.2 Å². The zero-order chi connectivity index (χ0) is 21.5. The maximum atomic E-state index is 12.9. The van der Waals surface area contributed by atoms with Crippen LogP contribution in [0.15, 0.2) is 59.3 Å². The summed E-state index contributed by atoms with van der Waals surface area (Å²) in [6.07, 6.45) is 3.54. The van der Waals surface area contributed by atoms with Crippen molar-refractivity contribution < 1.29 is 22.7 Å². The summed E-state index contributed by atoms with van der Waals surface area (Å²) in [7, 11) is 0. The number of benzene rings is 2. The fourth-order valence-corrected chi connectivity index (χ4v) is 4.31. The molecular weight excluding hydrogens is 402 g/mol. The largest absolute Gasteiger partial charge is 0.451 e. The number of amides is 1. The van der Waals surface area contributed by atoms with Crippen molar-refractivity contribution in [3.63, 3.8) is 0 Å². The average molecular weight is 422 g/mol. The molecule has 0 saturated carbocycles. The van der Waals surface area contributed by atoms with Gasteiger partial charge in [-0.15, -0.1) is 0 Å². The molecule has 1 saturated heterocycles. The van der Waals surface area contributed by atoms with Crippen LogP contribution >= 0.6 is 0 Å². The van der Waals surface area contributed by atoms with Crippen LogP contribution in [-0.2, 0) is 11.3 Å². The third-order valence-corrected chi connectivity index (χ3v) is 5.78. The molecule has 0 spiro atoms. The topological polar surface area (TPSA) is 55.6 Å². The predicted molar refractivity (Wildman–Crippen MR) is 112 cm³/mol. The molecule has 3 heterocycles. The van der Waals surface area contributed by atoms with E-state index in [1.165, 1.54) is 11.6 Å². The third-order valence-electron chi connectivity index (χ3n) is 5.78. The van der Waals surface area contributed by atoms with Crippen molar-refractivity contribution in [2.75, 3.05) is 6.54 Å². The van der Waals surface area contributed by atoms with E-state index in [1.54, 1.807) is 24.5 Å². The summed E-state index contributed by atoms with van der Waals surface area (Å²) in [5.74, 6) is -0.0260. The summed E-state index contributed by atoms with van der Waals surface area (Å²) in [5, 5.41) is 1.47. The molecule has 2 aromatic carbocycles. The number of ether oxygens (including phenoxy) is 1. The molecular formula is C24H20F2N2O3. The number of likely N-dealkylation sites (tertiary alicyclic amines) is 1. The van der Waals surface area contributed by atoms with Crippen molar-refractivity contribution in [2.45, 2.75) is 32.4 Å². The molecule has 31 heavy (non-hydrogen) atoms. The molecule has 0 bridgehead atoms. The highest BCUT2D eigenvalue weighted by molar-refractivity contribution is 6.08. The van der Waals surface area contributed by atoms with Gasteiger partial charge in [-0.25, -0.2) is 0 Å². The highest BCUT2D eigenvalue weighted by atomic mass is 19.3. The third kappa shape index (κ3) is 3.60. The van der Waals surface area contributed by atoms with Crippen LogP contribution in [0.3, 0.4) is 0 Å². The van der Waals surface area contributed by atoms with Gasteiger partial charge in [0.15, 0.2) is 16.9 Å².